The zero-order valence-corrected chi connectivity index (χ0v) is 24.4. The van der Waals surface area contributed by atoms with Crippen molar-refractivity contribution in [3.05, 3.63) is 87.8 Å². The summed E-state index contributed by atoms with van der Waals surface area (Å²) in [5.74, 6) is -0.247. The van der Waals surface area contributed by atoms with Crippen LogP contribution >= 0.6 is 0 Å². The number of benzene rings is 2. The van der Waals surface area contributed by atoms with Crippen LogP contribution in [0, 0.1) is 11.8 Å². The smallest absolute Gasteiger partial charge is 0.250 e. The van der Waals surface area contributed by atoms with E-state index in [0.717, 1.165) is 48.4 Å². The molecule has 2 N–H and O–H groups in total. The molecule has 7 rings (SSSR count). The van der Waals surface area contributed by atoms with Crippen molar-refractivity contribution in [3.8, 4) is 0 Å². The third-order valence-corrected chi connectivity index (χ3v) is 9.67. The lowest BCUT2D eigenvalue weighted by Gasteiger charge is -2.54. The molecule has 2 aromatic carbocycles. The summed E-state index contributed by atoms with van der Waals surface area (Å²) in [7, 11) is 0. The number of amides is 3. The second kappa shape index (κ2) is 11.0. The lowest BCUT2D eigenvalue weighted by Crippen LogP contribution is -2.60. The monoisotopic (exact) mass is 579 g/mol. The van der Waals surface area contributed by atoms with Crippen LogP contribution in [0.3, 0.4) is 0 Å². The van der Waals surface area contributed by atoms with Crippen molar-refractivity contribution in [2.45, 2.75) is 57.5 Å². The topological polar surface area (TPSA) is 104 Å². The number of anilines is 3. The van der Waals surface area contributed by atoms with Crippen molar-refractivity contribution in [3.63, 3.8) is 0 Å². The Labute approximate surface area is 250 Å². The van der Waals surface area contributed by atoms with Crippen LogP contribution in [0.4, 0.5) is 17.1 Å². The summed E-state index contributed by atoms with van der Waals surface area (Å²) in [4.78, 5) is 56.1. The summed E-state index contributed by atoms with van der Waals surface area (Å²) in [5.41, 5.74) is 5.99. The van der Waals surface area contributed by atoms with Crippen molar-refractivity contribution in [2.24, 2.45) is 11.8 Å². The summed E-state index contributed by atoms with van der Waals surface area (Å²) in [6.07, 6.45) is 3.58. The van der Waals surface area contributed by atoms with Crippen LogP contribution in [-0.4, -0.2) is 48.0 Å². The Balaban J connectivity index is 1.15. The number of nitrogens with zero attached hydrogens (tertiary/aromatic N) is 3. The van der Waals surface area contributed by atoms with Crippen LogP contribution in [0.2, 0.25) is 0 Å². The molecule has 4 atom stereocenters. The third kappa shape index (κ3) is 5.00. The van der Waals surface area contributed by atoms with Gasteiger partial charge in [-0.05, 0) is 73.1 Å². The molecule has 9 nitrogen and oxygen atoms in total. The molecule has 222 valence electrons. The molecule has 3 aromatic rings. The first-order chi connectivity index (χ1) is 20.9. The highest BCUT2D eigenvalue weighted by Crippen LogP contribution is 2.48. The minimum absolute atomic E-state index is 0.00982. The van der Waals surface area contributed by atoms with E-state index in [0.29, 0.717) is 31.1 Å². The molecule has 0 saturated carbocycles. The van der Waals surface area contributed by atoms with E-state index in [9.17, 15) is 19.2 Å². The number of rotatable bonds is 5. The molecule has 3 amide bonds. The molecule has 0 spiro atoms. The molecule has 0 unspecified atom stereocenters. The molecule has 0 aliphatic carbocycles. The van der Waals surface area contributed by atoms with Gasteiger partial charge in [0, 0.05) is 80.3 Å². The Bertz CT molecular complexity index is 1660. The van der Waals surface area contributed by atoms with Gasteiger partial charge in [-0.1, -0.05) is 24.3 Å². The number of para-hydroxylation sites is 1. The molecule has 4 aliphatic rings. The quantitative estimate of drug-likeness (QED) is 0.482. The van der Waals surface area contributed by atoms with Crippen molar-refractivity contribution < 1.29 is 14.4 Å². The lowest BCUT2D eigenvalue weighted by molar-refractivity contribution is -0.126. The molecule has 1 saturated heterocycles. The predicted octanol–water partition coefficient (Wildman–Crippen LogP) is 3.46. The molecule has 5 heterocycles. The van der Waals surface area contributed by atoms with Crippen molar-refractivity contribution in [1.29, 1.82) is 0 Å². The number of nitrogens with one attached hydrogen (secondary N) is 2. The van der Waals surface area contributed by atoms with Gasteiger partial charge in [-0.25, -0.2) is 0 Å². The Morgan fingerprint density at radius 3 is 2.67 bits per heavy atom. The van der Waals surface area contributed by atoms with Gasteiger partial charge >= 0.3 is 0 Å². The van der Waals surface area contributed by atoms with Gasteiger partial charge in [0.1, 0.15) is 0 Å². The molecule has 43 heavy (non-hydrogen) atoms. The Morgan fingerprint density at radius 1 is 0.953 bits per heavy atom. The summed E-state index contributed by atoms with van der Waals surface area (Å²) in [6, 6.07) is 19.3. The van der Waals surface area contributed by atoms with E-state index in [4.69, 9.17) is 0 Å². The maximum atomic E-state index is 14.0. The first-order valence-electron chi connectivity index (χ1n) is 15.4. The summed E-state index contributed by atoms with van der Waals surface area (Å²) >= 11 is 0. The van der Waals surface area contributed by atoms with Gasteiger partial charge in [-0.3, -0.25) is 19.2 Å². The maximum absolute atomic E-state index is 14.0. The SMILES string of the molecule is CC(=O)Nc1ccc2c(c1)C[C@@H](C(=O)NCCC(=O)N1CCCc3ccccc31)[C@H]1[C@@H]3C[C@H](CN21)Cn1c3cccc1=O. The molecule has 0 radical (unpaired) electrons. The Hall–Kier alpha value is -4.40. The van der Waals surface area contributed by atoms with Crippen LogP contribution in [0.5, 0.6) is 0 Å². The number of carbonyl (C=O) groups is 3. The van der Waals surface area contributed by atoms with E-state index >= 15 is 0 Å². The summed E-state index contributed by atoms with van der Waals surface area (Å²) < 4.78 is 1.90. The van der Waals surface area contributed by atoms with E-state index in [-0.39, 0.29) is 54.1 Å². The Kier molecular flexibility index (Phi) is 7.03. The highest BCUT2D eigenvalue weighted by molar-refractivity contribution is 5.95. The average Bonchev–Trinajstić information content (AvgIpc) is 3.00. The van der Waals surface area contributed by atoms with Crippen molar-refractivity contribution in [1.82, 2.24) is 9.88 Å². The number of aryl methyl sites for hydroxylation is 1. The van der Waals surface area contributed by atoms with Crippen LogP contribution in [0.15, 0.2) is 65.5 Å². The minimum Gasteiger partial charge on any atom is -0.366 e. The van der Waals surface area contributed by atoms with Gasteiger partial charge in [0.15, 0.2) is 0 Å². The fraction of sp³-hybridized carbons (Fsp3) is 0.412. The molecular weight excluding hydrogens is 542 g/mol. The third-order valence-electron chi connectivity index (χ3n) is 9.67. The number of carbonyl (C=O) groups excluding carboxylic acids is 3. The molecule has 9 heteroatoms. The molecular formula is C34H37N5O4. The molecule has 1 fully saturated rings. The summed E-state index contributed by atoms with van der Waals surface area (Å²) in [6.45, 7) is 3.87. The zero-order valence-electron chi connectivity index (χ0n) is 24.4. The highest BCUT2D eigenvalue weighted by atomic mass is 16.2. The van der Waals surface area contributed by atoms with E-state index in [1.165, 1.54) is 12.5 Å². The van der Waals surface area contributed by atoms with E-state index < -0.39 is 0 Å². The molecule has 1 aromatic heterocycles. The van der Waals surface area contributed by atoms with Gasteiger partial charge in [-0.2, -0.15) is 0 Å². The number of piperidine rings is 1. The van der Waals surface area contributed by atoms with E-state index in [1.54, 1.807) is 6.07 Å². The number of hydrogen-bond acceptors (Lipinski definition) is 5. The highest BCUT2D eigenvalue weighted by Gasteiger charge is 2.49. The minimum atomic E-state index is -0.376. The number of pyridine rings is 1. The maximum Gasteiger partial charge on any atom is 0.250 e. The van der Waals surface area contributed by atoms with Crippen LogP contribution in [-0.2, 0) is 33.8 Å². The Morgan fingerprint density at radius 2 is 1.81 bits per heavy atom. The zero-order chi connectivity index (χ0) is 29.7. The number of aromatic nitrogens is 1. The average molecular weight is 580 g/mol. The van der Waals surface area contributed by atoms with E-state index in [2.05, 4.69) is 27.7 Å². The molecule has 2 bridgehead atoms. The number of hydrogen-bond donors (Lipinski definition) is 2. The fourth-order valence-electron chi connectivity index (χ4n) is 7.96. The van der Waals surface area contributed by atoms with Gasteiger partial charge in [-0.15, -0.1) is 0 Å². The largest absolute Gasteiger partial charge is 0.366 e. The van der Waals surface area contributed by atoms with Crippen molar-refractivity contribution >= 4 is 34.8 Å². The molecule has 4 aliphatic heterocycles. The van der Waals surface area contributed by atoms with Crippen LogP contribution in [0.25, 0.3) is 0 Å². The van der Waals surface area contributed by atoms with Crippen LogP contribution < -0.4 is 26.0 Å². The second-order valence-corrected chi connectivity index (χ2v) is 12.4. The summed E-state index contributed by atoms with van der Waals surface area (Å²) in [5, 5.41) is 5.99. The van der Waals surface area contributed by atoms with E-state index in [1.807, 2.05) is 51.9 Å². The predicted molar refractivity (Wildman–Crippen MR) is 165 cm³/mol. The van der Waals surface area contributed by atoms with Crippen LogP contribution in [0.1, 0.15) is 48.9 Å². The van der Waals surface area contributed by atoms with Gasteiger partial charge in [0.05, 0.1) is 5.92 Å². The first kappa shape index (κ1) is 27.4. The standard InChI is InChI=1S/C34H37N5O4/c1-21(40)36-25-11-12-29-24(17-25)18-27(33-26-16-22(20-39(29)33)19-38-30(26)9-4-10-31(38)41)34(43)35-14-13-32(42)37-15-5-7-23-6-2-3-8-28(23)37/h2-4,6,8-12,17,22,26-27,33H,5,7,13-16,18-20H2,1H3,(H,35,43)(H,36,40)/t22-,26+,27+,33+/m0/s1. The van der Waals surface area contributed by atoms with Crippen molar-refractivity contribution in [2.75, 3.05) is 34.8 Å². The van der Waals surface area contributed by atoms with Gasteiger partial charge in [0.2, 0.25) is 17.7 Å². The first-order valence-corrected chi connectivity index (χ1v) is 15.4. The van der Waals surface area contributed by atoms with Gasteiger partial charge < -0.3 is 25.0 Å². The fourth-order valence-corrected chi connectivity index (χ4v) is 7.96. The second-order valence-electron chi connectivity index (χ2n) is 12.4. The lowest BCUT2D eigenvalue weighted by atomic mass is 9.69. The number of fused-ring (bicyclic) bond motifs is 9. The van der Waals surface area contributed by atoms with Gasteiger partial charge in [0.25, 0.3) is 5.56 Å². The normalized spacial score (nSPS) is 23.3.